The van der Waals surface area contributed by atoms with Gasteiger partial charge in [-0.15, -0.1) is 0 Å². The van der Waals surface area contributed by atoms with Crippen LogP contribution in [0.1, 0.15) is 36.8 Å². The van der Waals surface area contributed by atoms with Crippen LogP contribution in [-0.4, -0.2) is 60.7 Å². The number of nitrogens with zero attached hydrogens (tertiary/aromatic N) is 4. The number of benzene rings is 2. The first-order chi connectivity index (χ1) is 16.9. The highest BCUT2D eigenvalue weighted by atomic mass is 16.6. The van der Waals surface area contributed by atoms with Crippen molar-refractivity contribution in [3.8, 4) is 6.07 Å². The standard InChI is InChI=1S/C26H31N5O4/c1-19-2-7-23(8-3-19)29-12-14-30(15-13-29)26(32)18-35-24-9-4-21(5-10-24)28-22-6-11-25(31(33)34)20(16-22)17-27/h2-3,6-8,11,16,21,24,28H,4-5,9-10,12-15,18H2,1H3/t21-,24-. The zero-order chi connectivity index (χ0) is 24.8. The van der Waals surface area contributed by atoms with Crippen molar-refractivity contribution in [3.63, 3.8) is 0 Å². The summed E-state index contributed by atoms with van der Waals surface area (Å²) in [5.74, 6) is 0.0451. The predicted octanol–water partition coefficient (Wildman–Crippen LogP) is 3.86. The molecule has 0 unspecified atom stereocenters. The zero-order valence-electron chi connectivity index (χ0n) is 20.0. The topological polar surface area (TPSA) is 112 Å². The number of hydrogen-bond acceptors (Lipinski definition) is 7. The first kappa shape index (κ1) is 24.5. The summed E-state index contributed by atoms with van der Waals surface area (Å²) in [6.07, 6.45) is 3.46. The summed E-state index contributed by atoms with van der Waals surface area (Å²) in [5, 5.41) is 23.5. The van der Waals surface area contributed by atoms with Crippen molar-refractivity contribution in [2.75, 3.05) is 43.0 Å². The molecule has 1 saturated carbocycles. The molecule has 2 aliphatic rings. The van der Waals surface area contributed by atoms with Gasteiger partial charge in [-0.2, -0.15) is 5.26 Å². The van der Waals surface area contributed by atoms with Crippen LogP contribution in [0, 0.1) is 28.4 Å². The van der Waals surface area contributed by atoms with E-state index in [-0.39, 0.29) is 35.9 Å². The molecule has 0 radical (unpaired) electrons. The van der Waals surface area contributed by atoms with Gasteiger partial charge in [-0.1, -0.05) is 17.7 Å². The van der Waals surface area contributed by atoms with E-state index in [1.807, 2.05) is 11.0 Å². The van der Waals surface area contributed by atoms with Crippen LogP contribution in [0.2, 0.25) is 0 Å². The van der Waals surface area contributed by atoms with E-state index in [1.54, 1.807) is 6.07 Å². The maximum absolute atomic E-state index is 12.7. The highest BCUT2D eigenvalue weighted by Crippen LogP contribution is 2.27. The molecular weight excluding hydrogens is 446 g/mol. The van der Waals surface area contributed by atoms with Crippen LogP contribution >= 0.6 is 0 Å². The number of carbonyl (C=O) groups excluding carboxylic acids is 1. The Hall–Kier alpha value is -3.64. The minimum absolute atomic E-state index is 0.0451. The number of nitro groups is 1. The Morgan fingerprint density at radius 1 is 1.11 bits per heavy atom. The van der Waals surface area contributed by atoms with Gasteiger partial charge in [-0.25, -0.2) is 0 Å². The summed E-state index contributed by atoms with van der Waals surface area (Å²) in [5.41, 5.74) is 3.01. The molecule has 35 heavy (non-hydrogen) atoms. The summed E-state index contributed by atoms with van der Waals surface area (Å²) >= 11 is 0. The smallest absolute Gasteiger partial charge is 0.287 e. The third kappa shape index (κ3) is 6.28. The van der Waals surface area contributed by atoms with Crippen molar-refractivity contribution in [1.82, 2.24) is 4.90 Å². The number of nitro benzene ring substituents is 1. The summed E-state index contributed by atoms with van der Waals surface area (Å²) in [4.78, 5) is 27.3. The van der Waals surface area contributed by atoms with E-state index in [1.165, 1.54) is 23.4 Å². The predicted molar refractivity (Wildman–Crippen MR) is 133 cm³/mol. The molecule has 9 nitrogen and oxygen atoms in total. The van der Waals surface area contributed by atoms with Gasteiger partial charge in [0, 0.05) is 49.7 Å². The van der Waals surface area contributed by atoms with Crippen molar-refractivity contribution >= 4 is 23.0 Å². The molecule has 1 saturated heterocycles. The van der Waals surface area contributed by atoms with Gasteiger partial charge in [0.25, 0.3) is 5.69 Å². The van der Waals surface area contributed by atoms with Gasteiger partial charge in [0.05, 0.1) is 11.0 Å². The summed E-state index contributed by atoms with van der Waals surface area (Å²) in [6, 6.07) is 15.1. The Morgan fingerprint density at radius 2 is 1.80 bits per heavy atom. The molecule has 1 amide bonds. The average Bonchev–Trinajstić information content (AvgIpc) is 2.88. The minimum atomic E-state index is -0.546. The number of hydrogen-bond donors (Lipinski definition) is 1. The molecule has 0 bridgehead atoms. The molecule has 0 spiro atoms. The molecule has 1 N–H and O–H groups in total. The van der Waals surface area contributed by atoms with Crippen molar-refractivity contribution in [1.29, 1.82) is 5.26 Å². The average molecular weight is 478 g/mol. The number of carbonyl (C=O) groups is 1. The maximum Gasteiger partial charge on any atom is 0.287 e. The Balaban J connectivity index is 1.17. The molecule has 2 aromatic carbocycles. The summed E-state index contributed by atoms with van der Waals surface area (Å²) in [7, 11) is 0. The van der Waals surface area contributed by atoms with Crippen molar-refractivity contribution in [2.45, 2.75) is 44.8 Å². The molecule has 1 heterocycles. The van der Waals surface area contributed by atoms with Gasteiger partial charge in [0.15, 0.2) is 0 Å². The minimum Gasteiger partial charge on any atom is -0.382 e. The fraction of sp³-hybridized carbons (Fsp3) is 0.462. The van der Waals surface area contributed by atoms with Crippen LogP contribution < -0.4 is 10.2 Å². The Labute approximate surface area is 205 Å². The normalized spacial score (nSPS) is 20.2. The first-order valence-corrected chi connectivity index (χ1v) is 12.1. The lowest BCUT2D eigenvalue weighted by Crippen LogP contribution is -2.50. The van der Waals surface area contributed by atoms with E-state index in [2.05, 4.69) is 41.4 Å². The molecule has 9 heteroatoms. The monoisotopic (exact) mass is 477 g/mol. The molecular formula is C26H31N5O4. The van der Waals surface area contributed by atoms with Gasteiger partial charge in [-0.05, 0) is 56.9 Å². The van der Waals surface area contributed by atoms with Gasteiger partial charge in [-0.3, -0.25) is 14.9 Å². The van der Waals surface area contributed by atoms with Crippen LogP contribution in [0.4, 0.5) is 17.1 Å². The second-order valence-corrected chi connectivity index (χ2v) is 9.23. The Kier molecular flexibility index (Phi) is 7.83. The molecule has 2 aromatic rings. The number of piperazine rings is 1. The molecule has 4 rings (SSSR count). The van der Waals surface area contributed by atoms with E-state index < -0.39 is 4.92 Å². The number of rotatable bonds is 7. The Morgan fingerprint density at radius 3 is 2.43 bits per heavy atom. The maximum atomic E-state index is 12.7. The third-order valence-corrected chi connectivity index (χ3v) is 6.83. The fourth-order valence-electron chi connectivity index (χ4n) is 4.73. The molecule has 184 valence electrons. The highest BCUT2D eigenvalue weighted by Gasteiger charge is 2.25. The Bertz CT molecular complexity index is 1080. The fourth-order valence-corrected chi connectivity index (χ4v) is 4.73. The summed E-state index contributed by atoms with van der Waals surface area (Å²) in [6.45, 7) is 5.23. The van der Waals surface area contributed by atoms with Gasteiger partial charge in [0.1, 0.15) is 18.2 Å². The zero-order valence-corrected chi connectivity index (χ0v) is 20.0. The first-order valence-electron chi connectivity index (χ1n) is 12.1. The number of nitrogens with one attached hydrogen (secondary N) is 1. The molecule has 0 aromatic heterocycles. The van der Waals surface area contributed by atoms with Crippen molar-refractivity contribution in [3.05, 3.63) is 63.7 Å². The van der Waals surface area contributed by atoms with Crippen LogP contribution in [0.25, 0.3) is 0 Å². The van der Waals surface area contributed by atoms with Crippen LogP contribution in [0.5, 0.6) is 0 Å². The van der Waals surface area contributed by atoms with Crippen molar-refractivity contribution < 1.29 is 14.5 Å². The lowest BCUT2D eigenvalue weighted by molar-refractivity contribution is -0.385. The number of aryl methyl sites for hydroxylation is 1. The number of amides is 1. The SMILES string of the molecule is Cc1ccc(N2CCN(C(=O)CO[C@H]3CC[C@H](Nc4ccc([N+](=O)[O-])c(C#N)c4)CC3)CC2)cc1. The quantitative estimate of drug-likeness (QED) is 0.476. The molecule has 2 fully saturated rings. The number of nitriles is 1. The van der Waals surface area contributed by atoms with Gasteiger partial charge >= 0.3 is 0 Å². The van der Waals surface area contributed by atoms with E-state index in [0.29, 0.717) is 18.8 Å². The van der Waals surface area contributed by atoms with Crippen LogP contribution in [-0.2, 0) is 9.53 Å². The van der Waals surface area contributed by atoms with E-state index in [4.69, 9.17) is 4.74 Å². The molecule has 1 aliphatic carbocycles. The number of anilines is 2. The van der Waals surface area contributed by atoms with E-state index >= 15 is 0 Å². The lowest BCUT2D eigenvalue weighted by atomic mass is 9.92. The third-order valence-electron chi connectivity index (χ3n) is 6.83. The van der Waals surface area contributed by atoms with Crippen LogP contribution in [0.3, 0.4) is 0 Å². The lowest BCUT2D eigenvalue weighted by Gasteiger charge is -2.36. The van der Waals surface area contributed by atoms with Gasteiger partial charge < -0.3 is 19.9 Å². The second kappa shape index (κ2) is 11.2. The van der Waals surface area contributed by atoms with E-state index in [0.717, 1.165) is 38.8 Å². The highest BCUT2D eigenvalue weighted by molar-refractivity contribution is 5.77. The summed E-state index contributed by atoms with van der Waals surface area (Å²) < 4.78 is 5.95. The van der Waals surface area contributed by atoms with E-state index in [9.17, 15) is 20.2 Å². The molecule has 0 atom stereocenters. The number of ether oxygens (including phenoxy) is 1. The van der Waals surface area contributed by atoms with Crippen LogP contribution in [0.15, 0.2) is 42.5 Å². The van der Waals surface area contributed by atoms with Gasteiger partial charge in [0.2, 0.25) is 5.91 Å². The molecule has 1 aliphatic heterocycles. The second-order valence-electron chi connectivity index (χ2n) is 9.23. The largest absolute Gasteiger partial charge is 0.382 e. The van der Waals surface area contributed by atoms with Crippen molar-refractivity contribution in [2.24, 2.45) is 0 Å².